The first kappa shape index (κ1) is 13.5. The van der Waals surface area contributed by atoms with E-state index < -0.39 is 10.0 Å². The van der Waals surface area contributed by atoms with E-state index in [0.29, 0.717) is 5.56 Å². The first-order valence-electron chi connectivity index (χ1n) is 5.20. The third-order valence-corrected chi connectivity index (χ3v) is 4.13. The van der Waals surface area contributed by atoms with Gasteiger partial charge in [0.25, 0.3) is 10.0 Å². The number of rotatable bonds is 3. The number of hydrogen-bond donors (Lipinski definition) is 2. The maximum absolute atomic E-state index is 12.1. The zero-order valence-electron chi connectivity index (χ0n) is 9.70. The lowest BCUT2D eigenvalue weighted by Crippen LogP contribution is -2.12. The minimum Gasteiger partial charge on any atom is -0.320 e. The lowest BCUT2D eigenvalue weighted by atomic mass is 10.2. The number of aromatic nitrogens is 2. The zero-order chi connectivity index (χ0) is 13.7. The molecule has 0 spiro atoms. The summed E-state index contributed by atoms with van der Waals surface area (Å²) in [6.45, 7) is 0.222. The molecule has 0 saturated carbocycles. The largest absolute Gasteiger partial charge is 0.320 e. The Morgan fingerprint density at radius 1 is 1.42 bits per heavy atom. The van der Waals surface area contributed by atoms with Crippen LogP contribution in [0.15, 0.2) is 34.7 Å². The molecule has 0 saturated heterocycles. The van der Waals surface area contributed by atoms with Crippen LogP contribution >= 0.6 is 11.3 Å². The van der Waals surface area contributed by atoms with Gasteiger partial charge in [-0.25, -0.2) is 8.42 Å². The van der Waals surface area contributed by atoms with Crippen molar-refractivity contribution in [2.45, 2.75) is 4.90 Å². The second-order valence-corrected chi connectivity index (χ2v) is 5.90. The molecule has 0 atom stereocenters. The molecule has 0 fully saturated rings. The van der Waals surface area contributed by atoms with Crippen molar-refractivity contribution in [2.75, 3.05) is 11.3 Å². The molecule has 0 amide bonds. The SMILES string of the molecule is NCC#Cc1cccc(S(=O)(=O)Nc2nncs2)c1. The van der Waals surface area contributed by atoms with Gasteiger partial charge in [0, 0.05) is 5.56 Å². The van der Waals surface area contributed by atoms with E-state index in [9.17, 15) is 8.42 Å². The molecule has 0 aliphatic heterocycles. The smallest absolute Gasteiger partial charge is 0.263 e. The van der Waals surface area contributed by atoms with E-state index >= 15 is 0 Å². The summed E-state index contributed by atoms with van der Waals surface area (Å²) in [6, 6.07) is 6.30. The number of anilines is 1. The molecule has 0 bridgehead atoms. The molecule has 6 nitrogen and oxygen atoms in total. The molecule has 8 heteroatoms. The van der Waals surface area contributed by atoms with Crippen LogP contribution in [-0.2, 0) is 10.0 Å². The molecule has 1 heterocycles. The third kappa shape index (κ3) is 3.51. The molecule has 1 aromatic heterocycles. The average molecular weight is 294 g/mol. The van der Waals surface area contributed by atoms with Crippen LogP contribution in [0.3, 0.4) is 0 Å². The predicted octanol–water partition coefficient (Wildman–Crippen LogP) is 0.649. The van der Waals surface area contributed by atoms with Crippen LogP contribution in [0.5, 0.6) is 0 Å². The highest BCUT2D eigenvalue weighted by Gasteiger charge is 2.15. The molecule has 3 N–H and O–H groups in total. The number of nitrogens with one attached hydrogen (secondary N) is 1. The van der Waals surface area contributed by atoms with Crippen molar-refractivity contribution in [1.82, 2.24) is 10.2 Å². The van der Waals surface area contributed by atoms with E-state index in [-0.39, 0.29) is 16.6 Å². The van der Waals surface area contributed by atoms with E-state index in [1.54, 1.807) is 12.1 Å². The normalized spacial score (nSPS) is 10.6. The van der Waals surface area contributed by atoms with Crippen molar-refractivity contribution in [3.05, 3.63) is 35.3 Å². The molecular formula is C11H10N4O2S2. The molecule has 0 unspecified atom stereocenters. The van der Waals surface area contributed by atoms with Crippen LogP contribution in [0.2, 0.25) is 0 Å². The summed E-state index contributed by atoms with van der Waals surface area (Å²) < 4.78 is 26.5. The fraction of sp³-hybridized carbons (Fsp3) is 0.0909. The maximum atomic E-state index is 12.1. The highest BCUT2D eigenvalue weighted by atomic mass is 32.2. The van der Waals surface area contributed by atoms with Gasteiger partial charge in [-0.3, -0.25) is 4.72 Å². The summed E-state index contributed by atoms with van der Waals surface area (Å²) >= 11 is 1.11. The Hall–Kier alpha value is -1.95. The van der Waals surface area contributed by atoms with Crippen LogP contribution in [0.1, 0.15) is 5.56 Å². The molecule has 1 aromatic carbocycles. The van der Waals surface area contributed by atoms with Gasteiger partial charge in [0.2, 0.25) is 5.13 Å². The third-order valence-electron chi connectivity index (χ3n) is 2.06. The van der Waals surface area contributed by atoms with Crippen molar-refractivity contribution in [2.24, 2.45) is 5.73 Å². The number of hydrogen-bond acceptors (Lipinski definition) is 6. The molecule has 19 heavy (non-hydrogen) atoms. The van der Waals surface area contributed by atoms with Gasteiger partial charge in [0.1, 0.15) is 5.51 Å². The molecular weight excluding hydrogens is 284 g/mol. The van der Waals surface area contributed by atoms with Crippen molar-refractivity contribution < 1.29 is 8.42 Å². The highest BCUT2D eigenvalue weighted by molar-refractivity contribution is 7.93. The Kier molecular flexibility index (Phi) is 4.11. The van der Waals surface area contributed by atoms with Crippen LogP contribution in [0.25, 0.3) is 0 Å². The van der Waals surface area contributed by atoms with E-state index in [4.69, 9.17) is 5.73 Å². The lowest BCUT2D eigenvalue weighted by Gasteiger charge is -2.04. The van der Waals surface area contributed by atoms with Crippen molar-refractivity contribution in [3.8, 4) is 11.8 Å². The number of benzene rings is 1. The van der Waals surface area contributed by atoms with Crippen molar-refractivity contribution >= 4 is 26.5 Å². The Labute approximate surface area is 114 Å². The fourth-order valence-electron chi connectivity index (χ4n) is 1.29. The van der Waals surface area contributed by atoms with Crippen molar-refractivity contribution in [3.63, 3.8) is 0 Å². The Balaban J connectivity index is 2.30. The first-order chi connectivity index (χ1) is 9.12. The summed E-state index contributed by atoms with van der Waals surface area (Å²) in [5.74, 6) is 5.45. The van der Waals surface area contributed by atoms with E-state index in [2.05, 4.69) is 26.8 Å². The maximum Gasteiger partial charge on any atom is 0.263 e. The molecule has 2 rings (SSSR count). The molecule has 98 valence electrons. The van der Waals surface area contributed by atoms with Crippen LogP contribution in [0, 0.1) is 11.8 Å². The fourth-order valence-corrected chi connectivity index (χ4v) is 3.02. The Morgan fingerprint density at radius 2 is 2.26 bits per heavy atom. The van der Waals surface area contributed by atoms with Crippen LogP contribution in [0.4, 0.5) is 5.13 Å². The molecule has 0 radical (unpaired) electrons. The summed E-state index contributed by atoms with van der Waals surface area (Å²) in [6.07, 6.45) is 0. The van der Waals surface area contributed by atoms with Gasteiger partial charge in [-0.2, -0.15) is 0 Å². The van der Waals surface area contributed by atoms with Gasteiger partial charge >= 0.3 is 0 Å². The predicted molar refractivity (Wildman–Crippen MR) is 73.1 cm³/mol. The Morgan fingerprint density at radius 3 is 2.95 bits per heavy atom. The summed E-state index contributed by atoms with van der Waals surface area (Å²) in [4.78, 5) is 0.117. The minimum atomic E-state index is -3.67. The average Bonchev–Trinajstić information content (AvgIpc) is 2.89. The summed E-state index contributed by atoms with van der Waals surface area (Å²) in [5.41, 5.74) is 7.31. The zero-order valence-corrected chi connectivity index (χ0v) is 11.3. The Bertz CT molecular complexity index is 715. The molecule has 2 aromatic rings. The molecule has 0 aliphatic rings. The van der Waals surface area contributed by atoms with Gasteiger partial charge in [-0.05, 0) is 18.2 Å². The highest BCUT2D eigenvalue weighted by Crippen LogP contribution is 2.17. The topological polar surface area (TPSA) is 98.0 Å². The summed E-state index contributed by atoms with van der Waals surface area (Å²) in [7, 11) is -3.67. The minimum absolute atomic E-state index is 0.117. The van der Waals surface area contributed by atoms with Gasteiger partial charge in [0.05, 0.1) is 11.4 Å². The van der Waals surface area contributed by atoms with E-state index in [0.717, 1.165) is 11.3 Å². The van der Waals surface area contributed by atoms with Crippen LogP contribution < -0.4 is 10.5 Å². The molecule has 0 aliphatic carbocycles. The second-order valence-electron chi connectivity index (χ2n) is 3.38. The van der Waals surface area contributed by atoms with Crippen molar-refractivity contribution in [1.29, 1.82) is 0 Å². The lowest BCUT2D eigenvalue weighted by molar-refractivity contribution is 0.601. The van der Waals surface area contributed by atoms with Gasteiger partial charge in [-0.1, -0.05) is 29.2 Å². The van der Waals surface area contributed by atoms with Gasteiger partial charge in [0.15, 0.2) is 0 Å². The van der Waals surface area contributed by atoms with Gasteiger partial charge < -0.3 is 5.73 Å². The standard InChI is InChI=1S/C11H10N4O2S2/c12-6-2-4-9-3-1-5-10(7-9)19(16,17)15-11-14-13-8-18-11/h1,3,5,7-8H,6,12H2,(H,14,15). The van der Waals surface area contributed by atoms with E-state index in [1.165, 1.54) is 17.6 Å². The van der Waals surface area contributed by atoms with E-state index in [1.807, 2.05) is 0 Å². The quantitative estimate of drug-likeness (QED) is 0.810. The monoisotopic (exact) mass is 294 g/mol. The first-order valence-corrected chi connectivity index (χ1v) is 7.56. The summed E-state index contributed by atoms with van der Waals surface area (Å²) in [5, 5.41) is 7.42. The number of nitrogens with zero attached hydrogens (tertiary/aromatic N) is 2. The number of sulfonamides is 1. The van der Waals surface area contributed by atoms with Gasteiger partial charge in [-0.15, -0.1) is 10.2 Å². The van der Waals surface area contributed by atoms with Crippen LogP contribution in [-0.4, -0.2) is 25.2 Å². The second kappa shape index (κ2) is 5.79. The number of nitrogens with two attached hydrogens (primary N) is 1.